The lowest BCUT2D eigenvalue weighted by Gasteiger charge is -2.38. The van der Waals surface area contributed by atoms with Crippen LogP contribution < -0.4 is 15.8 Å². The predicted molar refractivity (Wildman–Crippen MR) is 138 cm³/mol. The first-order valence-electron chi connectivity index (χ1n) is 12.4. The summed E-state index contributed by atoms with van der Waals surface area (Å²) in [6.07, 6.45) is -0.591. The molecule has 2 aliphatic heterocycles. The monoisotopic (exact) mass is 527 g/mol. The lowest BCUT2D eigenvalue weighted by molar-refractivity contribution is -0.246. The molecule has 2 saturated heterocycles. The summed E-state index contributed by atoms with van der Waals surface area (Å²) in [4.78, 5) is 37.4. The Bertz CT molecular complexity index is 1380. The fourth-order valence-electron chi connectivity index (χ4n) is 4.82. The summed E-state index contributed by atoms with van der Waals surface area (Å²) < 4.78 is 40.3. The van der Waals surface area contributed by atoms with Crippen molar-refractivity contribution in [1.29, 1.82) is 0 Å². The van der Waals surface area contributed by atoms with Gasteiger partial charge in [0, 0.05) is 74.8 Å². The van der Waals surface area contributed by atoms with Crippen molar-refractivity contribution in [3.63, 3.8) is 0 Å². The Kier molecular flexibility index (Phi) is 7.06. The van der Waals surface area contributed by atoms with Gasteiger partial charge in [0.15, 0.2) is 0 Å². The van der Waals surface area contributed by atoms with Gasteiger partial charge in [-0.15, -0.1) is 0 Å². The van der Waals surface area contributed by atoms with Gasteiger partial charge in [-0.25, -0.2) is 9.88 Å². The zero-order chi connectivity index (χ0) is 26.9. The number of piperazine rings is 1. The fourth-order valence-corrected chi connectivity index (χ4v) is 4.82. The van der Waals surface area contributed by atoms with Crippen LogP contribution in [0.4, 0.5) is 30.5 Å². The maximum atomic E-state index is 12.9. The molecule has 3 aromatic rings. The number of halogens is 3. The van der Waals surface area contributed by atoms with E-state index >= 15 is 0 Å². The standard InChI is InChI=1S/C26H28F3N7O2/c1-2-22(37)34-16-18(17-34)9-10-36-23(38)8-3-19-15-30-25(32-24(19)36)31-20-4-6-21(7-5-20)33-11-13-35(14-12-33)26(27,28)29/h2-8,15,18H,1,9-14,16-17H2,(H,30,31,32). The summed E-state index contributed by atoms with van der Waals surface area (Å²) >= 11 is 0. The van der Waals surface area contributed by atoms with E-state index < -0.39 is 6.30 Å². The van der Waals surface area contributed by atoms with E-state index in [2.05, 4.69) is 21.9 Å². The number of hydrogen-bond acceptors (Lipinski definition) is 7. The molecule has 38 heavy (non-hydrogen) atoms. The van der Waals surface area contributed by atoms with Crippen molar-refractivity contribution >= 4 is 34.3 Å². The molecule has 5 rings (SSSR count). The molecule has 2 aromatic heterocycles. The Morgan fingerprint density at radius 2 is 1.79 bits per heavy atom. The van der Waals surface area contributed by atoms with Gasteiger partial charge in [-0.2, -0.15) is 18.2 Å². The van der Waals surface area contributed by atoms with Crippen LogP contribution in [0.15, 0.2) is 60.0 Å². The van der Waals surface area contributed by atoms with Crippen molar-refractivity contribution in [1.82, 2.24) is 24.3 Å². The molecule has 0 atom stereocenters. The highest BCUT2D eigenvalue weighted by molar-refractivity contribution is 5.87. The van der Waals surface area contributed by atoms with Gasteiger partial charge in [0.1, 0.15) is 5.65 Å². The molecule has 200 valence electrons. The zero-order valence-electron chi connectivity index (χ0n) is 20.7. The van der Waals surface area contributed by atoms with Crippen LogP contribution in [0.3, 0.4) is 0 Å². The van der Waals surface area contributed by atoms with Gasteiger partial charge in [-0.3, -0.25) is 14.2 Å². The van der Waals surface area contributed by atoms with Crippen molar-refractivity contribution in [2.75, 3.05) is 49.5 Å². The number of fused-ring (bicyclic) bond motifs is 1. The van der Waals surface area contributed by atoms with E-state index in [1.165, 1.54) is 12.1 Å². The Hall–Kier alpha value is -3.93. The van der Waals surface area contributed by atoms with Gasteiger partial charge in [0.2, 0.25) is 11.9 Å². The molecular formula is C26H28F3N7O2. The van der Waals surface area contributed by atoms with E-state index in [1.807, 2.05) is 29.2 Å². The summed E-state index contributed by atoms with van der Waals surface area (Å²) in [7, 11) is 0. The first-order valence-corrected chi connectivity index (χ1v) is 12.4. The highest BCUT2D eigenvalue weighted by Crippen LogP contribution is 2.26. The number of likely N-dealkylation sites (tertiary alicyclic amines) is 1. The normalized spacial score (nSPS) is 16.9. The number of carbonyl (C=O) groups is 1. The molecule has 4 heterocycles. The molecule has 1 amide bonds. The molecule has 1 N–H and O–H groups in total. The molecule has 0 radical (unpaired) electrons. The van der Waals surface area contributed by atoms with Crippen LogP contribution in [0, 0.1) is 5.92 Å². The van der Waals surface area contributed by atoms with Gasteiger partial charge in [0.25, 0.3) is 5.56 Å². The van der Waals surface area contributed by atoms with Crippen molar-refractivity contribution in [3.8, 4) is 0 Å². The minimum Gasteiger partial charge on any atom is -0.369 e. The second-order valence-electron chi connectivity index (χ2n) is 9.51. The molecule has 2 aliphatic rings. The molecule has 0 bridgehead atoms. The van der Waals surface area contributed by atoms with Crippen LogP contribution in [-0.2, 0) is 11.3 Å². The van der Waals surface area contributed by atoms with Gasteiger partial charge in [-0.1, -0.05) is 6.58 Å². The number of alkyl halides is 3. The van der Waals surface area contributed by atoms with Crippen LogP contribution in [0.25, 0.3) is 11.0 Å². The molecule has 0 saturated carbocycles. The van der Waals surface area contributed by atoms with Crippen molar-refractivity contribution in [2.24, 2.45) is 5.92 Å². The van der Waals surface area contributed by atoms with Gasteiger partial charge in [-0.05, 0) is 48.7 Å². The largest absolute Gasteiger partial charge is 0.460 e. The SMILES string of the molecule is C=CC(=O)N1CC(CCn2c(=O)ccc3cnc(Nc4ccc(N5CCN(C(F)(F)F)CC5)cc4)nc32)C1. The molecule has 2 fully saturated rings. The predicted octanol–water partition coefficient (Wildman–Crippen LogP) is 3.21. The minimum absolute atomic E-state index is 0.0674. The molecule has 0 spiro atoms. The van der Waals surface area contributed by atoms with E-state index in [4.69, 9.17) is 0 Å². The van der Waals surface area contributed by atoms with E-state index in [9.17, 15) is 22.8 Å². The third-order valence-corrected chi connectivity index (χ3v) is 7.05. The number of rotatable bonds is 7. The van der Waals surface area contributed by atoms with Crippen LogP contribution in [0.1, 0.15) is 6.42 Å². The molecule has 9 nitrogen and oxygen atoms in total. The smallest absolute Gasteiger partial charge is 0.369 e. The summed E-state index contributed by atoms with van der Waals surface area (Å²) in [5, 5.41) is 3.88. The summed E-state index contributed by atoms with van der Waals surface area (Å²) in [6.45, 7) is 5.74. The van der Waals surface area contributed by atoms with Gasteiger partial charge >= 0.3 is 6.30 Å². The number of nitrogens with one attached hydrogen (secondary N) is 1. The van der Waals surface area contributed by atoms with Gasteiger partial charge in [0.05, 0.1) is 0 Å². The Morgan fingerprint density at radius 1 is 1.08 bits per heavy atom. The number of benzene rings is 1. The number of aryl methyl sites for hydroxylation is 1. The van der Waals surface area contributed by atoms with Crippen LogP contribution >= 0.6 is 0 Å². The Morgan fingerprint density at radius 3 is 2.45 bits per heavy atom. The van der Waals surface area contributed by atoms with Crippen molar-refractivity contribution in [2.45, 2.75) is 19.3 Å². The van der Waals surface area contributed by atoms with Crippen LogP contribution in [0.2, 0.25) is 0 Å². The maximum absolute atomic E-state index is 12.9. The summed E-state index contributed by atoms with van der Waals surface area (Å²) in [6, 6.07) is 10.5. The molecule has 1 aromatic carbocycles. The van der Waals surface area contributed by atoms with E-state index in [0.717, 1.165) is 17.5 Å². The van der Waals surface area contributed by atoms with E-state index in [0.29, 0.717) is 60.8 Å². The minimum atomic E-state index is -4.30. The van der Waals surface area contributed by atoms with Crippen LogP contribution in [-0.4, -0.2) is 75.8 Å². The highest BCUT2D eigenvalue weighted by atomic mass is 19.4. The molecular weight excluding hydrogens is 499 g/mol. The highest BCUT2D eigenvalue weighted by Gasteiger charge is 2.38. The number of anilines is 3. The number of nitrogens with zero attached hydrogens (tertiary/aromatic N) is 6. The number of amides is 1. The first kappa shape index (κ1) is 25.7. The third-order valence-electron chi connectivity index (χ3n) is 7.05. The zero-order valence-corrected chi connectivity index (χ0v) is 20.7. The second kappa shape index (κ2) is 10.4. The lowest BCUT2D eigenvalue weighted by Crippen LogP contribution is -2.51. The summed E-state index contributed by atoms with van der Waals surface area (Å²) in [5.41, 5.74) is 1.92. The molecule has 0 unspecified atom stereocenters. The molecule has 12 heteroatoms. The number of pyridine rings is 1. The number of carbonyl (C=O) groups excluding carboxylic acids is 1. The summed E-state index contributed by atoms with van der Waals surface area (Å²) in [5.74, 6) is 0.564. The average Bonchev–Trinajstić information content (AvgIpc) is 2.88. The average molecular weight is 528 g/mol. The third kappa shape index (κ3) is 5.49. The van der Waals surface area contributed by atoms with Crippen LogP contribution in [0.5, 0.6) is 0 Å². The topological polar surface area (TPSA) is 86.6 Å². The van der Waals surface area contributed by atoms with Gasteiger partial charge < -0.3 is 15.1 Å². The van der Waals surface area contributed by atoms with Crippen molar-refractivity contribution in [3.05, 3.63) is 65.6 Å². The van der Waals surface area contributed by atoms with E-state index in [-0.39, 0.29) is 24.6 Å². The quantitative estimate of drug-likeness (QED) is 0.373. The second-order valence-corrected chi connectivity index (χ2v) is 9.51. The fraction of sp³-hybridized carbons (Fsp3) is 0.385. The number of hydrogen-bond donors (Lipinski definition) is 1. The Labute approximate surface area is 217 Å². The van der Waals surface area contributed by atoms with E-state index in [1.54, 1.807) is 21.7 Å². The number of aromatic nitrogens is 3. The first-order chi connectivity index (χ1) is 18.2. The van der Waals surface area contributed by atoms with Crippen molar-refractivity contribution < 1.29 is 18.0 Å². The lowest BCUT2D eigenvalue weighted by atomic mass is 9.96. The molecule has 0 aliphatic carbocycles. The Balaban J connectivity index is 1.24. The maximum Gasteiger partial charge on any atom is 0.460 e.